The Morgan fingerprint density at radius 3 is 3.17 bits per heavy atom. The Kier molecular flexibility index (Phi) is 4.48. The average Bonchev–Trinajstić information content (AvgIpc) is 2.38. The van der Waals surface area contributed by atoms with Crippen LogP contribution in [0.15, 0.2) is 16.7 Å². The van der Waals surface area contributed by atoms with Gasteiger partial charge in [-0.2, -0.15) is 0 Å². The van der Waals surface area contributed by atoms with E-state index in [1.165, 1.54) is 12.3 Å². The standard InChI is InChI=1S/C11H14BrN3O3/c12-9-4-10(15(16)17)11(14-6-9)18-7-8-2-1-3-13-5-8/h4,6,8,13H,1-3,5,7H2. The van der Waals surface area contributed by atoms with Crippen molar-refractivity contribution in [1.29, 1.82) is 0 Å². The van der Waals surface area contributed by atoms with Gasteiger partial charge < -0.3 is 10.1 Å². The SMILES string of the molecule is O=[N+]([O-])c1cc(Br)cnc1OCC1CCCNC1. The van der Waals surface area contributed by atoms with Crippen molar-refractivity contribution < 1.29 is 9.66 Å². The molecule has 0 radical (unpaired) electrons. The Morgan fingerprint density at radius 1 is 1.67 bits per heavy atom. The molecule has 0 aliphatic carbocycles. The van der Waals surface area contributed by atoms with Crippen molar-refractivity contribution in [2.24, 2.45) is 5.92 Å². The molecule has 0 aromatic carbocycles. The number of hydrogen-bond acceptors (Lipinski definition) is 5. The van der Waals surface area contributed by atoms with Gasteiger partial charge in [-0.05, 0) is 35.3 Å². The van der Waals surface area contributed by atoms with Crippen molar-refractivity contribution in [3.8, 4) is 5.88 Å². The van der Waals surface area contributed by atoms with Crippen molar-refractivity contribution in [2.75, 3.05) is 19.7 Å². The van der Waals surface area contributed by atoms with Gasteiger partial charge in [-0.3, -0.25) is 10.1 Å². The van der Waals surface area contributed by atoms with Gasteiger partial charge in [0.2, 0.25) is 0 Å². The summed E-state index contributed by atoms with van der Waals surface area (Å²) in [6.45, 7) is 2.39. The summed E-state index contributed by atoms with van der Waals surface area (Å²) < 4.78 is 6.05. The van der Waals surface area contributed by atoms with Gasteiger partial charge in [-0.1, -0.05) is 0 Å². The number of nitrogens with one attached hydrogen (secondary N) is 1. The number of piperidine rings is 1. The van der Waals surface area contributed by atoms with Crippen LogP contribution in [-0.4, -0.2) is 29.6 Å². The molecule has 1 aliphatic rings. The van der Waals surface area contributed by atoms with Gasteiger partial charge in [-0.25, -0.2) is 4.98 Å². The third kappa shape index (κ3) is 3.39. The number of nitrogens with zero attached hydrogens (tertiary/aromatic N) is 2. The summed E-state index contributed by atoms with van der Waals surface area (Å²) >= 11 is 3.16. The van der Waals surface area contributed by atoms with Crippen LogP contribution in [0.1, 0.15) is 12.8 Å². The van der Waals surface area contributed by atoms with E-state index >= 15 is 0 Å². The fourth-order valence-corrected chi connectivity index (χ4v) is 2.24. The van der Waals surface area contributed by atoms with E-state index in [1.54, 1.807) is 0 Å². The van der Waals surface area contributed by atoms with Crippen LogP contribution in [0.4, 0.5) is 5.69 Å². The quantitative estimate of drug-likeness (QED) is 0.680. The van der Waals surface area contributed by atoms with Gasteiger partial charge in [0.15, 0.2) is 0 Å². The summed E-state index contributed by atoms with van der Waals surface area (Å²) in [6, 6.07) is 1.40. The first-order valence-corrected chi connectivity index (χ1v) is 6.59. The Morgan fingerprint density at radius 2 is 2.50 bits per heavy atom. The third-order valence-corrected chi connectivity index (χ3v) is 3.28. The lowest BCUT2D eigenvalue weighted by Crippen LogP contribution is -2.33. The van der Waals surface area contributed by atoms with Crippen LogP contribution in [0.5, 0.6) is 5.88 Å². The second-order valence-corrected chi connectivity index (χ2v) is 5.17. The number of nitro groups is 1. The molecule has 0 spiro atoms. The van der Waals surface area contributed by atoms with Crippen LogP contribution in [0.2, 0.25) is 0 Å². The minimum Gasteiger partial charge on any atom is -0.472 e. The van der Waals surface area contributed by atoms with E-state index in [9.17, 15) is 10.1 Å². The maximum atomic E-state index is 10.9. The highest BCUT2D eigenvalue weighted by Crippen LogP contribution is 2.27. The monoisotopic (exact) mass is 315 g/mol. The maximum Gasteiger partial charge on any atom is 0.332 e. The number of hydrogen-bond donors (Lipinski definition) is 1. The van der Waals surface area contributed by atoms with E-state index in [0.717, 1.165) is 25.9 Å². The summed E-state index contributed by atoms with van der Waals surface area (Å²) in [5.74, 6) is 0.484. The molecule has 1 N–H and O–H groups in total. The molecule has 1 unspecified atom stereocenters. The largest absolute Gasteiger partial charge is 0.472 e. The van der Waals surface area contributed by atoms with E-state index in [4.69, 9.17) is 4.74 Å². The van der Waals surface area contributed by atoms with E-state index in [-0.39, 0.29) is 11.6 Å². The summed E-state index contributed by atoms with van der Waals surface area (Å²) in [5, 5.41) is 14.2. The molecular weight excluding hydrogens is 302 g/mol. The minimum atomic E-state index is -0.480. The van der Waals surface area contributed by atoms with Crippen molar-refractivity contribution >= 4 is 21.6 Å². The zero-order chi connectivity index (χ0) is 13.0. The molecule has 1 aliphatic heterocycles. The Bertz CT molecular complexity index is 436. The molecule has 18 heavy (non-hydrogen) atoms. The lowest BCUT2D eigenvalue weighted by molar-refractivity contribution is -0.386. The lowest BCUT2D eigenvalue weighted by Gasteiger charge is -2.22. The third-order valence-electron chi connectivity index (χ3n) is 2.85. The normalized spacial score (nSPS) is 19.5. The van der Waals surface area contributed by atoms with Crippen molar-refractivity contribution in [2.45, 2.75) is 12.8 Å². The number of ether oxygens (including phenoxy) is 1. The van der Waals surface area contributed by atoms with Gasteiger partial charge in [0.1, 0.15) is 0 Å². The Labute approximate surface area is 113 Å². The molecule has 1 fully saturated rings. The predicted octanol–water partition coefficient (Wildman–Crippen LogP) is 2.13. The summed E-state index contributed by atoms with van der Waals surface area (Å²) in [5.41, 5.74) is -0.104. The molecule has 2 rings (SSSR count). The molecule has 0 saturated carbocycles. The zero-order valence-corrected chi connectivity index (χ0v) is 11.4. The summed E-state index contributed by atoms with van der Waals surface area (Å²) in [7, 11) is 0. The van der Waals surface area contributed by atoms with E-state index < -0.39 is 4.92 Å². The topological polar surface area (TPSA) is 77.3 Å². The van der Waals surface area contributed by atoms with Crippen LogP contribution < -0.4 is 10.1 Å². The van der Waals surface area contributed by atoms with Crippen molar-refractivity contribution in [3.05, 3.63) is 26.9 Å². The lowest BCUT2D eigenvalue weighted by atomic mass is 10.0. The maximum absolute atomic E-state index is 10.9. The first kappa shape index (κ1) is 13.2. The summed E-state index contributed by atoms with van der Waals surface area (Å²) in [6.07, 6.45) is 3.70. The number of aromatic nitrogens is 1. The van der Waals surface area contributed by atoms with E-state index in [1.807, 2.05) is 0 Å². The smallest absolute Gasteiger partial charge is 0.332 e. The van der Waals surface area contributed by atoms with Crippen LogP contribution in [0.3, 0.4) is 0 Å². The number of pyridine rings is 1. The van der Waals surface area contributed by atoms with Crippen LogP contribution in [-0.2, 0) is 0 Å². The van der Waals surface area contributed by atoms with Crippen LogP contribution in [0.25, 0.3) is 0 Å². The molecule has 2 heterocycles. The average molecular weight is 316 g/mol. The van der Waals surface area contributed by atoms with E-state index in [2.05, 4.69) is 26.2 Å². The molecule has 1 aromatic rings. The van der Waals surface area contributed by atoms with E-state index in [0.29, 0.717) is 17.0 Å². The van der Waals surface area contributed by atoms with Crippen molar-refractivity contribution in [1.82, 2.24) is 10.3 Å². The van der Waals surface area contributed by atoms with Gasteiger partial charge in [0, 0.05) is 29.2 Å². The summed E-state index contributed by atoms with van der Waals surface area (Å²) in [4.78, 5) is 14.4. The second kappa shape index (κ2) is 6.10. The van der Waals surface area contributed by atoms with Crippen LogP contribution in [0, 0.1) is 16.0 Å². The minimum absolute atomic E-state index is 0.0915. The highest BCUT2D eigenvalue weighted by Gasteiger charge is 2.20. The molecule has 1 atom stereocenters. The molecule has 0 amide bonds. The van der Waals surface area contributed by atoms with Crippen molar-refractivity contribution in [3.63, 3.8) is 0 Å². The van der Waals surface area contributed by atoms with Gasteiger partial charge in [0.25, 0.3) is 5.88 Å². The Balaban J connectivity index is 2.01. The molecule has 1 saturated heterocycles. The molecule has 98 valence electrons. The van der Waals surface area contributed by atoms with Gasteiger partial charge in [-0.15, -0.1) is 0 Å². The molecule has 1 aromatic heterocycles. The second-order valence-electron chi connectivity index (χ2n) is 4.26. The highest BCUT2D eigenvalue weighted by atomic mass is 79.9. The Hall–Kier alpha value is -1.21. The first-order valence-electron chi connectivity index (χ1n) is 5.80. The molecule has 0 bridgehead atoms. The van der Waals surface area contributed by atoms with Gasteiger partial charge in [0.05, 0.1) is 11.5 Å². The predicted molar refractivity (Wildman–Crippen MR) is 69.7 cm³/mol. The number of rotatable bonds is 4. The fourth-order valence-electron chi connectivity index (χ4n) is 1.92. The zero-order valence-electron chi connectivity index (χ0n) is 9.76. The van der Waals surface area contributed by atoms with Crippen LogP contribution >= 0.6 is 15.9 Å². The molecule has 7 heteroatoms. The number of halogens is 1. The fraction of sp³-hybridized carbons (Fsp3) is 0.545. The highest BCUT2D eigenvalue weighted by molar-refractivity contribution is 9.10. The molecule has 6 nitrogen and oxygen atoms in total. The molecular formula is C11H14BrN3O3. The van der Waals surface area contributed by atoms with Gasteiger partial charge >= 0.3 is 5.69 Å². The first-order chi connectivity index (χ1) is 8.66.